The molecule has 4 rings (SSSR count). The summed E-state index contributed by atoms with van der Waals surface area (Å²) in [6.07, 6.45) is 7.07. The van der Waals surface area contributed by atoms with Gasteiger partial charge < -0.3 is 37.9 Å². The maximum absolute atomic E-state index is 13.0. The first kappa shape index (κ1) is 31.3. The zero-order valence-corrected chi connectivity index (χ0v) is 25.7. The highest BCUT2D eigenvalue weighted by atomic mass is 16.6. The standard InChI is InChI=1S/C32H46O9/c1-20(2)9-11-26-31(5,41-26)30-29(36-8)23(13-14-32(30)19-39-32)40-27(33)12-10-22-17-24(34-6)28(25(18-22)35-7)38-16-15-37-21(3)4/h9-10,12,17-18,21,23,26,29-30H,11,13-16,19H2,1-8H3/b12-10+/t23-,26?,29-,30?,31-,32+/m1/s1. The van der Waals surface area contributed by atoms with Crippen LogP contribution in [-0.2, 0) is 28.5 Å². The minimum atomic E-state index is -0.449. The van der Waals surface area contributed by atoms with Crippen LogP contribution in [0.2, 0.25) is 0 Å². The summed E-state index contributed by atoms with van der Waals surface area (Å²) in [5, 5.41) is 0. The molecule has 0 amide bonds. The van der Waals surface area contributed by atoms with Gasteiger partial charge in [-0.2, -0.15) is 0 Å². The Hall–Kier alpha value is -2.59. The molecule has 3 fully saturated rings. The minimum absolute atomic E-state index is 0.0295. The maximum atomic E-state index is 13.0. The second kappa shape index (κ2) is 13.2. The van der Waals surface area contributed by atoms with Crippen molar-refractivity contribution in [2.24, 2.45) is 5.92 Å². The number of hydrogen-bond acceptors (Lipinski definition) is 9. The van der Waals surface area contributed by atoms with E-state index in [1.807, 2.05) is 13.8 Å². The Morgan fingerprint density at radius 3 is 2.37 bits per heavy atom. The molecule has 0 bridgehead atoms. The van der Waals surface area contributed by atoms with Crippen molar-refractivity contribution in [2.45, 2.75) is 89.5 Å². The summed E-state index contributed by atoms with van der Waals surface area (Å²) < 4.78 is 46.7. The van der Waals surface area contributed by atoms with Gasteiger partial charge >= 0.3 is 5.97 Å². The monoisotopic (exact) mass is 574 g/mol. The SMILES string of the molecule is COc1cc(/C=C/C(=O)O[C@@H]2CC[C@]3(CO3)C([C@]3(C)OC3CC=C(C)C)[C@@H]2OC)cc(OC)c1OCCOC(C)C. The van der Waals surface area contributed by atoms with Crippen molar-refractivity contribution in [1.29, 1.82) is 0 Å². The summed E-state index contributed by atoms with van der Waals surface area (Å²) in [5.41, 5.74) is 1.31. The Morgan fingerprint density at radius 2 is 1.80 bits per heavy atom. The van der Waals surface area contributed by atoms with Gasteiger partial charge in [0.05, 0.1) is 45.6 Å². The smallest absolute Gasteiger partial charge is 0.331 e. The Morgan fingerprint density at radius 1 is 1.12 bits per heavy atom. The number of rotatable bonds is 14. The van der Waals surface area contributed by atoms with Gasteiger partial charge in [-0.15, -0.1) is 0 Å². The molecule has 1 aliphatic carbocycles. The van der Waals surface area contributed by atoms with Gasteiger partial charge in [-0.1, -0.05) is 11.6 Å². The first-order valence-electron chi connectivity index (χ1n) is 14.4. The van der Waals surface area contributed by atoms with Crippen LogP contribution in [0.5, 0.6) is 17.2 Å². The third kappa shape index (κ3) is 7.25. The maximum Gasteiger partial charge on any atom is 0.331 e. The van der Waals surface area contributed by atoms with Gasteiger partial charge in [-0.3, -0.25) is 0 Å². The topological polar surface area (TPSA) is 97.5 Å². The molecule has 0 N–H and O–H groups in total. The molecule has 2 saturated heterocycles. The van der Waals surface area contributed by atoms with Gasteiger partial charge in [-0.05, 0) is 77.7 Å². The highest BCUT2D eigenvalue weighted by Crippen LogP contribution is 2.59. The van der Waals surface area contributed by atoms with E-state index < -0.39 is 12.1 Å². The third-order valence-corrected chi connectivity index (χ3v) is 8.18. The molecule has 9 nitrogen and oxygen atoms in total. The molecule has 2 heterocycles. The molecule has 0 aromatic heterocycles. The number of hydrogen-bond donors (Lipinski definition) is 0. The number of methoxy groups -OCH3 is 3. The molecule has 1 aromatic rings. The molecule has 6 atom stereocenters. The van der Waals surface area contributed by atoms with Crippen molar-refractivity contribution >= 4 is 12.0 Å². The average molecular weight is 575 g/mol. The van der Waals surface area contributed by atoms with Crippen LogP contribution in [-0.4, -0.2) is 82.7 Å². The fraction of sp³-hybridized carbons (Fsp3) is 0.656. The number of carbonyl (C=O) groups is 1. The van der Waals surface area contributed by atoms with Gasteiger partial charge in [0.2, 0.25) is 5.75 Å². The predicted octanol–water partition coefficient (Wildman–Crippen LogP) is 5.14. The molecule has 228 valence electrons. The predicted molar refractivity (Wildman–Crippen MR) is 155 cm³/mol. The Balaban J connectivity index is 1.43. The summed E-state index contributed by atoms with van der Waals surface area (Å²) >= 11 is 0. The number of benzene rings is 1. The second-order valence-corrected chi connectivity index (χ2v) is 11.7. The van der Waals surface area contributed by atoms with Crippen molar-refractivity contribution in [3.05, 3.63) is 35.4 Å². The Labute approximate surface area is 244 Å². The molecule has 1 saturated carbocycles. The lowest BCUT2D eigenvalue weighted by Gasteiger charge is -2.42. The molecule has 9 heteroatoms. The average Bonchev–Trinajstić information content (AvgIpc) is 3.86. The number of epoxide rings is 2. The largest absolute Gasteiger partial charge is 0.493 e. The van der Waals surface area contributed by atoms with E-state index in [-0.39, 0.29) is 35.4 Å². The van der Waals surface area contributed by atoms with Crippen LogP contribution in [0, 0.1) is 5.92 Å². The molecular formula is C32H46O9. The molecule has 1 spiro atoms. The fourth-order valence-corrected chi connectivity index (χ4v) is 5.99. The molecule has 41 heavy (non-hydrogen) atoms. The minimum Gasteiger partial charge on any atom is -0.493 e. The van der Waals surface area contributed by atoms with Crippen molar-refractivity contribution in [1.82, 2.24) is 0 Å². The van der Waals surface area contributed by atoms with E-state index in [0.717, 1.165) is 12.8 Å². The van der Waals surface area contributed by atoms with E-state index >= 15 is 0 Å². The van der Waals surface area contributed by atoms with E-state index in [2.05, 4.69) is 26.8 Å². The van der Waals surface area contributed by atoms with Crippen LogP contribution in [0.3, 0.4) is 0 Å². The lowest BCUT2D eigenvalue weighted by Crippen LogP contribution is -2.55. The molecule has 3 aliphatic rings. The first-order valence-corrected chi connectivity index (χ1v) is 14.4. The Bertz CT molecular complexity index is 1090. The number of ether oxygens (including phenoxy) is 8. The Kier molecular flexibility index (Phi) is 10.1. The second-order valence-electron chi connectivity index (χ2n) is 11.7. The molecule has 1 aromatic carbocycles. The van der Waals surface area contributed by atoms with Crippen LogP contribution in [0.15, 0.2) is 29.9 Å². The van der Waals surface area contributed by atoms with Crippen molar-refractivity contribution < 1.29 is 42.7 Å². The van der Waals surface area contributed by atoms with Gasteiger partial charge in [0, 0.05) is 13.2 Å². The van der Waals surface area contributed by atoms with Crippen molar-refractivity contribution in [2.75, 3.05) is 41.2 Å². The van der Waals surface area contributed by atoms with Crippen LogP contribution in [0.4, 0.5) is 0 Å². The molecular weight excluding hydrogens is 528 g/mol. The number of carbonyl (C=O) groups excluding carboxylic acids is 1. The summed E-state index contributed by atoms with van der Waals surface area (Å²) in [6, 6.07) is 3.57. The first-order chi connectivity index (χ1) is 19.6. The highest BCUT2D eigenvalue weighted by molar-refractivity contribution is 5.87. The highest BCUT2D eigenvalue weighted by Gasteiger charge is 2.72. The molecule has 2 aliphatic heterocycles. The quantitative estimate of drug-likeness (QED) is 0.0983. The van der Waals surface area contributed by atoms with Gasteiger partial charge in [0.25, 0.3) is 0 Å². The zero-order valence-electron chi connectivity index (χ0n) is 25.7. The van der Waals surface area contributed by atoms with Crippen LogP contribution in [0.25, 0.3) is 6.08 Å². The summed E-state index contributed by atoms with van der Waals surface area (Å²) in [7, 11) is 4.79. The van der Waals surface area contributed by atoms with Crippen LogP contribution in [0.1, 0.15) is 59.4 Å². The number of esters is 1. The van der Waals surface area contributed by atoms with Gasteiger partial charge in [0.15, 0.2) is 11.5 Å². The van der Waals surface area contributed by atoms with Crippen molar-refractivity contribution in [3.63, 3.8) is 0 Å². The lowest BCUT2D eigenvalue weighted by atomic mass is 9.68. The zero-order chi connectivity index (χ0) is 29.8. The molecule has 2 unspecified atom stereocenters. The fourth-order valence-electron chi connectivity index (χ4n) is 5.99. The van der Waals surface area contributed by atoms with Gasteiger partial charge in [0.1, 0.15) is 30.0 Å². The lowest BCUT2D eigenvalue weighted by molar-refractivity contribution is -0.166. The number of allylic oxidation sites excluding steroid dienone is 1. The van der Waals surface area contributed by atoms with E-state index in [0.29, 0.717) is 49.1 Å². The summed E-state index contributed by atoms with van der Waals surface area (Å²) in [6.45, 7) is 11.7. The molecule has 0 radical (unpaired) electrons. The normalized spacial score (nSPS) is 30.4. The van der Waals surface area contributed by atoms with Crippen LogP contribution < -0.4 is 14.2 Å². The van der Waals surface area contributed by atoms with E-state index in [4.69, 9.17) is 37.9 Å². The van der Waals surface area contributed by atoms with E-state index in [1.165, 1.54) is 11.6 Å². The van der Waals surface area contributed by atoms with Crippen LogP contribution >= 0.6 is 0 Å². The third-order valence-electron chi connectivity index (χ3n) is 8.18. The van der Waals surface area contributed by atoms with E-state index in [1.54, 1.807) is 39.5 Å². The van der Waals surface area contributed by atoms with Gasteiger partial charge in [-0.25, -0.2) is 4.79 Å². The van der Waals surface area contributed by atoms with Crippen molar-refractivity contribution in [3.8, 4) is 17.2 Å². The van der Waals surface area contributed by atoms with E-state index in [9.17, 15) is 4.79 Å². The summed E-state index contributed by atoms with van der Waals surface area (Å²) in [5.74, 6) is 0.986. The summed E-state index contributed by atoms with van der Waals surface area (Å²) in [4.78, 5) is 13.0.